The van der Waals surface area contributed by atoms with Crippen molar-refractivity contribution in [3.8, 4) is 0 Å². The maximum absolute atomic E-state index is 11.9. The van der Waals surface area contributed by atoms with Crippen molar-refractivity contribution in [3.63, 3.8) is 0 Å². The van der Waals surface area contributed by atoms with Gasteiger partial charge in [0.05, 0.1) is 4.90 Å². The molecule has 1 radical (unpaired) electrons. The molecule has 0 bridgehead atoms. The van der Waals surface area contributed by atoms with Gasteiger partial charge in [-0.25, -0.2) is 14.2 Å². The summed E-state index contributed by atoms with van der Waals surface area (Å²) in [4.78, 5) is -0.983. The molecule has 1 N–H and O–H groups in total. The Morgan fingerprint density at radius 1 is 1.14 bits per heavy atom. The molecule has 3 nitrogen and oxygen atoms in total. The van der Waals surface area contributed by atoms with Crippen LogP contribution in [0.2, 0.25) is 0 Å². The summed E-state index contributed by atoms with van der Waals surface area (Å²) < 4.78 is 23.9. The van der Waals surface area contributed by atoms with E-state index in [2.05, 4.69) is 0 Å². The lowest BCUT2D eigenvalue weighted by Crippen LogP contribution is -2.46. The van der Waals surface area contributed by atoms with E-state index in [0.29, 0.717) is 12.8 Å². The van der Waals surface area contributed by atoms with E-state index in [1.807, 2.05) is 0 Å². The zero-order chi connectivity index (χ0) is 10.2. The summed E-state index contributed by atoms with van der Waals surface area (Å²) in [5, 5.41) is 0. The number of hydrogen-bond donors (Lipinski definition) is 0. The first kappa shape index (κ1) is 9.68. The molecule has 75 valence electrons. The average Bonchev–Trinajstić information content (AvgIpc) is 2.15. The van der Waals surface area contributed by atoms with Gasteiger partial charge in [0.2, 0.25) is 0 Å². The van der Waals surface area contributed by atoms with Gasteiger partial charge in [0.25, 0.3) is 0 Å². The van der Waals surface area contributed by atoms with E-state index in [-0.39, 0.29) is 4.90 Å². The van der Waals surface area contributed by atoms with E-state index in [0.717, 1.165) is 6.42 Å². The van der Waals surface area contributed by atoms with Crippen molar-refractivity contribution in [2.24, 2.45) is 0 Å². The third-order valence-electron chi connectivity index (χ3n) is 2.73. The highest BCUT2D eigenvalue weighted by molar-refractivity contribution is 7.92. The minimum absolute atomic E-state index is 0.273. The van der Waals surface area contributed by atoms with E-state index in [9.17, 15) is 8.42 Å². The summed E-state index contributed by atoms with van der Waals surface area (Å²) in [6, 6.07) is 8.27. The van der Waals surface area contributed by atoms with Gasteiger partial charge in [-0.1, -0.05) is 18.2 Å². The second-order valence-corrected chi connectivity index (χ2v) is 5.92. The molecule has 0 saturated heterocycles. The topological polar surface area (TPSA) is 57.9 Å². The molecule has 4 heteroatoms. The minimum Gasteiger partial charge on any atom is -0.235 e. The highest BCUT2D eigenvalue weighted by Gasteiger charge is 2.46. The molecule has 14 heavy (non-hydrogen) atoms. The summed E-state index contributed by atoms with van der Waals surface area (Å²) in [6.07, 6.45) is 1.77. The van der Waals surface area contributed by atoms with Gasteiger partial charge in [-0.15, -0.1) is 0 Å². The summed E-state index contributed by atoms with van der Waals surface area (Å²) in [7, 11) is -3.44. The van der Waals surface area contributed by atoms with Crippen molar-refractivity contribution in [1.82, 2.24) is 5.73 Å². The van der Waals surface area contributed by atoms with Gasteiger partial charge in [0, 0.05) is 0 Å². The van der Waals surface area contributed by atoms with Gasteiger partial charge in [-0.05, 0) is 31.4 Å². The maximum atomic E-state index is 11.9. The summed E-state index contributed by atoms with van der Waals surface area (Å²) in [5.74, 6) is 0. The van der Waals surface area contributed by atoms with Crippen molar-refractivity contribution in [3.05, 3.63) is 30.3 Å². The van der Waals surface area contributed by atoms with Crippen molar-refractivity contribution < 1.29 is 8.42 Å². The molecule has 2 rings (SSSR count). The molecule has 0 spiro atoms. The molecule has 1 aliphatic rings. The molecule has 1 fully saturated rings. The summed E-state index contributed by atoms with van der Waals surface area (Å²) >= 11 is 0. The van der Waals surface area contributed by atoms with Crippen LogP contribution in [0.5, 0.6) is 0 Å². The number of hydrogen-bond acceptors (Lipinski definition) is 2. The number of sulfone groups is 1. The zero-order valence-corrected chi connectivity index (χ0v) is 8.55. The first-order valence-electron chi connectivity index (χ1n) is 4.61. The monoisotopic (exact) mass is 210 g/mol. The Kier molecular flexibility index (Phi) is 2.12. The van der Waals surface area contributed by atoms with E-state index in [1.165, 1.54) is 0 Å². The highest BCUT2D eigenvalue weighted by Crippen LogP contribution is 2.39. The van der Waals surface area contributed by atoms with Gasteiger partial charge in [0.15, 0.2) is 9.84 Å². The summed E-state index contributed by atoms with van der Waals surface area (Å²) in [6.45, 7) is 0. The van der Waals surface area contributed by atoms with Gasteiger partial charge in [-0.2, -0.15) is 0 Å². The SMILES string of the molecule is [NH]C1(S(=O)(=O)c2ccccc2)CCC1. The lowest BCUT2D eigenvalue weighted by atomic mass is 9.93. The Labute approximate surface area is 83.9 Å². The maximum Gasteiger partial charge on any atom is 0.198 e. The van der Waals surface area contributed by atoms with Crippen molar-refractivity contribution in [2.75, 3.05) is 0 Å². The van der Waals surface area contributed by atoms with Crippen molar-refractivity contribution in [2.45, 2.75) is 29.0 Å². The van der Waals surface area contributed by atoms with E-state index >= 15 is 0 Å². The van der Waals surface area contributed by atoms with Crippen LogP contribution < -0.4 is 5.73 Å². The number of benzene rings is 1. The molecule has 1 aromatic carbocycles. The predicted octanol–water partition coefficient (Wildman–Crippen LogP) is 1.62. The zero-order valence-electron chi connectivity index (χ0n) is 7.73. The highest BCUT2D eigenvalue weighted by atomic mass is 32.2. The standard InChI is InChI=1S/C10H12NO2S/c11-10(7-4-8-10)14(12,13)9-5-2-1-3-6-9/h1-3,5-6,11H,4,7-8H2. The van der Waals surface area contributed by atoms with E-state index in [4.69, 9.17) is 5.73 Å². The molecule has 0 aliphatic heterocycles. The number of rotatable bonds is 2. The lowest BCUT2D eigenvalue weighted by Gasteiger charge is -2.35. The third kappa shape index (κ3) is 1.26. The van der Waals surface area contributed by atoms with Crippen LogP contribution in [0, 0.1) is 0 Å². The Hall–Kier alpha value is -0.870. The fourth-order valence-electron chi connectivity index (χ4n) is 1.59. The largest absolute Gasteiger partial charge is 0.235 e. The molecule has 1 aromatic rings. The molecule has 1 saturated carbocycles. The molecule has 0 heterocycles. The van der Waals surface area contributed by atoms with Crippen LogP contribution in [0.15, 0.2) is 35.2 Å². The lowest BCUT2D eigenvalue weighted by molar-refractivity contribution is 0.336. The van der Waals surface area contributed by atoms with Crippen molar-refractivity contribution >= 4 is 9.84 Å². The fraction of sp³-hybridized carbons (Fsp3) is 0.400. The molecule has 0 atom stereocenters. The fourth-order valence-corrected chi connectivity index (χ4v) is 3.38. The Morgan fingerprint density at radius 3 is 2.14 bits per heavy atom. The second-order valence-electron chi connectivity index (χ2n) is 3.66. The van der Waals surface area contributed by atoms with E-state index in [1.54, 1.807) is 30.3 Å². The molecule has 0 unspecified atom stereocenters. The van der Waals surface area contributed by atoms with Gasteiger partial charge in [0.1, 0.15) is 4.87 Å². The van der Waals surface area contributed by atoms with Crippen LogP contribution in [-0.4, -0.2) is 13.3 Å². The first-order chi connectivity index (χ1) is 6.56. The predicted molar refractivity (Wildman–Crippen MR) is 53.3 cm³/mol. The van der Waals surface area contributed by atoms with Crippen LogP contribution in [0.25, 0.3) is 0 Å². The molecule has 1 aliphatic carbocycles. The van der Waals surface area contributed by atoms with Crippen molar-refractivity contribution in [1.29, 1.82) is 0 Å². The van der Waals surface area contributed by atoms with Crippen LogP contribution in [0.1, 0.15) is 19.3 Å². The smallest absolute Gasteiger partial charge is 0.198 e. The quantitative estimate of drug-likeness (QED) is 0.744. The molecular weight excluding hydrogens is 198 g/mol. The van der Waals surface area contributed by atoms with Crippen LogP contribution >= 0.6 is 0 Å². The first-order valence-corrected chi connectivity index (χ1v) is 6.09. The normalized spacial score (nSPS) is 20.1. The minimum atomic E-state index is -3.44. The Morgan fingerprint density at radius 2 is 1.71 bits per heavy atom. The average molecular weight is 210 g/mol. The van der Waals surface area contributed by atoms with Crippen LogP contribution in [0.4, 0.5) is 0 Å². The van der Waals surface area contributed by atoms with E-state index < -0.39 is 14.7 Å². The van der Waals surface area contributed by atoms with Gasteiger partial charge >= 0.3 is 0 Å². The van der Waals surface area contributed by atoms with Crippen LogP contribution in [-0.2, 0) is 9.84 Å². The Balaban J connectivity index is 2.44. The van der Waals surface area contributed by atoms with Gasteiger partial charge in [-0.3, -0.25) is 0 Å². The second kappa shape index (κ2) is 3.07. The molecule has 0 amide bonds. The summed E-state index contributed by atoms with van der Waals surface area (Å²) in [5.41, 5.74) is 7.81. The third-order valence-corrected chi connectivity index (χ3v) is 5.06. The Bertz CT molecular complexity index is 421. The molecular formula is C10H12NO2S. The van der Waals surface area contributed by atoms with Gasteiger partial charge < -0.3 is 0 Å². The molecule has 0 aromatic heterocycles. The van der Waals surface area contributed by atoms with Crippen LogP contribution in [0.3, 0.4) is 0 Å². The number of nitrogens with one attached hydrogen (secondary N) is 1.